The Morgan fingerprint density at radius 3 is 2.80 bits per heavy atom. The van der Waals surface area contributed by atoms with Crippen molar-refractivity contribution in [2.75, 3.05) is 19.3 Å². The van der Waals surface area contributed by atoms with Gasteiger partial charge in [-0.15, -0.1) is 0 Å². The fourth-order valence-electron chi connectivity index (χ4n) is 1.99. The van der Waals surface area contributed by atoms with Crippen LogP contribution in [-0.2, 0) is 6.42 Å². The normalized spacial score (nSPS) is 10.3. The topological polar surface area (TPSA) is 59.2 Å². The smallest absolute Gasteiger partial charge is 0.255 e. The Labute approximate surface area is 119 Å². The van der Waals surface area contributed by atoms with Crippen LogP contribution in [0.1, 0.15) is 21.6 Å². The van der Waals surface area contributed by atoms with Gasteiger partial charge in [-0.05, 0) is 31.2 Å². The van der Waals surface area contributed by atoms with Crippen LogP contribution in [0.2, 0.25) is 0 Å². The summed E-state index contributed by atoms with van der Waals surface area (Å²) in [6, 6.07) is 11.3. The minimum Gasteiger partial charge on any atom is -0.398 e. The quantitative estimate of drug-likeness (QED) is 0.866. The van der Waals surface area contributed by atoms with E-state index in [0.717, 1.165) is 17.7 Å². The van der Waals surface area contributed by atoms with Gasteiger partial charge in [-0.3, -0.25) is 9.78 Å². The molecule has 0 radical (unpaired) electrons. The zero-order chi connectivity index (χ0) is 14.5. The summed E-state index contributed by atoms with van der Waals surface area (Å²) in [4.78, 5) is 18.3. The molecule has 0 aliphatic carbocycles. The van der Waals surface area contributed by atoms with Crippen molar-refractivity contribution in [3.05, 3.63) is 59.4 Å². The molecule has 0 aliphatic rings. The molecule has 0 saturated heterocycles. The third-order valence-electron chi connectivity index (χ3n) is 3.22. The molecule has 0 aliphatic heterocycles. The second kappa shape index (κ2) is 6.19. The van der Waals surface area contributed by atoms with Crippen LogP contribution in [0.3, 0.4) is 0 Å². The van der Waals surface area contributed by atoms with Gasteiger partial charge in [0.15, 0.2) is 0 Å². The zero-order valence-electron chi connectivity index (χ0n) is 11.8. The van der Waals surface area contributed by atoms with Gasteiger partial charge in [0.25, 0.3) is 5.91 Å². The van der Waals surface area contributed by atoms with Crippen LogP contribution >= 0.6 is 0 Å². The van der Waals surface area contributed by atoms with Gasteiger partial charge in [0.1, 0.15) is 0 Å². The summed E-state index contributed by atoms with van der Waals surface area (Å²) in [7, 11) is 1.78. The maximum absolute atomic E-state index is 12.4. The van der Waals surface area contributed by atoms with Crippen molar-refractivity contribution in [1.82, 2.24) is 9.88 Å². The number of hydrogen-bond acceptors (Lipinski definition) is 3. The number of nitrogens with two attached hydrogens (primary N) is 1. The predicted octanol–water partition coefficient (Wildman–Crippen LogP) is 2.29. The molecule has 20 heavy (non-hydrogen) atoms. The molecule has 1 aromatic heterocycles. The molecule has 4 nitrogen and oxygen atoms in total. The lowest BCUT2D eigenvalue weighted by molar-refractivity contribution is 0.0797. The summed E-state index contributed by atoms with van der Waals surface area (Å²) in [5.41, 5.74) is 8.96. The summed E-state index contributed by atoms with van der Waals surface area (Å²) in [5.74, 6) is -0.0536. The van der Waals surface area contributed by atoms with Crippen molar-refractivity contribution in [2.45, 2.75) is 13.3 Å². The van der Waals surface area contributed by atoms with Crippen molar-refractivity contribution in [3.63, 3.8) is 0 Å². The van der Waals surface area contributed by atoms with E-state index in [4.69, 9.17) is 5.73 Å². The average Bonchev–Trinajstić information content (AvgIpc) is 2.47. The summed E-state index contributed by atoms with van der Waals surface area (Å²) in [6.07, 6.45) is 2.49. The molecule has 0 fully saturated rings. The van der Waals surface area contributed by atoms with Crippen LogP contribution in [0, 0.1) is 6.92 Å². The molecule has 4 heteroatoms. The number of hydrogen-bond donors (Lipinski definition) is 1. The van der Waals surface area contributed by atoms with Crippen LogP contribution in [0.25, 0.3) is 0 Å². The lowest BCUT2D eigenvalue weighted by Crippen LogP contribution is -2.29. The molecule has 2 aromatic rings. The van der Waals surface area contributed by atoms with Gasteiger partial charge in [-0.25, -0.2) is 0 Å². The molecule has 0 spiro atoms. The Balaban J connectivity index is 2.03. The molecule has 1 heterocycles. The standard InChI is InChI=1S/C16H19N3O/c1-12-6-7-15(17)14(11-12)16(20)19(2)10-8-13-5-3-4-9-18-13/h3-7,9,11H,8,10,17H2,1-2H3. The number of amides is 1. The number of likely N-dealkylation sites (N-methyl/N-ethyl adjacent to an activating group) is 1. The van der Waals surface area contributed by atoms with E-state index >= 15 is 0 Å². The number of aromatic nitrogens is 1. The summed E-state index contributed by atoms with van der Waals surface area (Å²) in [5, 5.41) is 0. The SMILES string of the molecule is Cc1ccc(N)c(C(=O)N(C)CCc2ccccn2)c1. The zero-order valence-corrected chi connectivity index (χ0v) is 11.8. The molecule has 0 bridgehead atoms. The van der Waals surface area contributed by atoms with Gasteiger partial charge in [0.2, 0.25) is 0 Å². The number of aryl methyl sites for hydroxylation is 1. The van der Waals surface area contributed by atoms with Crippen molar-refractivity contribution >= 4 is 11.6 Å². The van der Waals surface area contributed by atoms with E-state index in [1.165, 1.54) is 0 Å². The third-order valence-corrected chi connectivity index (χ3v) is 3.22. The van der Waals surface area contributed by atoms with Crippen LogP contribution in [-0.4, -0.2) is 29.4 Å². The van der Waals surface area contributed by atoms with Gasteiger partial charge in [-0.1, -0.05) is 17.7 Å². The number of anilines is 1. The van der Waals surface area contributed by atoms with E-state index < -0.39 is 0 Å². The Kier molecular flexibility index (Phi) is 4.35. The van der Waals surface area contributed by atoms with E-state index in [0.29, 0.717) is 17.8 Å². The first-order valence-electron chi connectivity index (χ1n) is 6.59. The van der Waals surface area contributed by atoms with Crippen molar-refractivity contribution in [3.8, 4) is 0 Å². The lowest BCUT2D eigenvalue weighted by atomic mass is 10.1. The van der Waals surface area contributed by atoms with Crippen LogP contribution in [0.15, 0.2) is 42.6 Å². The molecule has 2 rings (SSSR count). The number of nitrogens with zero attached hydrogens (tertiary/aromatic N) is 2. The van der Waals surface area contributed by atoms with Gasteiger partial charge >= 0.3 is 0 Å². The fourth-order valence-corrected chi connectivity index (χ4v) is 1.99. The highest BCUT2D eigenvalue weighted by Crippen LogP contribution is 2.15. The molecule has 0 unspecified atom stereocenters. The molecule has 0 atom stereocenters. The molecule has 1 aromatic carbocycles. The van der Waals surface area contributed by atoms with E-state index in [-0.39, 0.29) is 5.91 Å². The van der Waals surface area contributed by atoms with Crippen LogP contribution in [0.4, 0.5) is 5.69 Å². The maximum atomic E-state index is 12.4. The van der Waals surface area contributed by atoms with Crippen molar-refractivity contribution < 1.29 is 4.79 Å². The van der Waals surface area contributed by atoms with E-state index in [1.54, 1.807) is 24.2 Å². The summed E-state index contributed by atoms with van der Waals surface area (Å²) in [6.45, 7) is 2.56. The monoisotopic (exact) mass is 269 g/mol. The Bertz CT molecular complexity index is 596. The second-order valence-electron chi connectivity index (χ2n) is 4.89. The average molecular weight is 269 g/mol. The number of carbonyl (C=O) groups is 1. The van der Waals surface area contributed by atoms with Crippen LogP contribution in [0.5, 0.6) is 0 Å². The minimum atomic E-state index is -0.0536. The molecule has 1 amide bonds. The number of nitrogen functional groups attached to an aromatic ring is 1. The summed E-state index contributed by atoms with van der Waals surface area (Å²) >= 11 is 0. The van der Waals surface area contributed by atoms with Crippen molar-refractivity contribution in [2.24, 2.45) is 0 Å². The summed E-state index contributed by atoms with van der Waals surface area (Å²) < 4.78 is 0. The molecular weight excluding hydrogens is 250 g/mol. The van der Waals surface area contributed by atoms with E-state index in [1.807, 2.05) is 37.3 Å². The third kappa shape index (κ3) is 3.35. The van der Waals surface area contributed by atoms with E-state index in [9.17, 15) is 4.79 Å². The van der Waals surface area contributed by atoms with Crippen molar-refractivity contribution in [1.29, 1.82) is 0 Å². The highest BCUT2D eigenvalue weighted by Gasteiger charge is 2.14. The van der Waals surface area contributed by atoms with Gasteiger partial charge in [-0.2, -0.15) is 0 Å². The molecule has 2 N–H and O–H groups in total. The van der Waals surface area contributed by atoms with Gasteiger partial charge in [0, 0.05) is 37.6 Å². The first kappa shape index (κ1) is 14.1. The lowest BCUT2D eigenvalue weighted by Gasteiger charge is -2.18. The largest absolute Gasteiger partial charge is 0.398 e. The van der Waals surface area contributed by atoms with E-state index in [2.05, 4.69) is 4.98 Å². The van der Waals surface area contributed by atoms with Gasteiger partial charge in [0.05, 0.1) is 5.56 Å². The highest BCUT2D eigenvalue weighted by molar-refractivity contribution is 5.99. The second-order valence-corrected chi connectivity index (χ2v) is 4.89. The highest BCUT2D eigenvalue weighted by atomic mass is 16.2. The molecular formula is C16H19N3O. The number of carbonyl (C=O) groups excluding carboxylic acids is 1. The Hall–Kier alpha value is -2.36. The Morgan fingerprint density at radius 2 is 2.10 bits per heavy atom. The van der Waals surface area contributed by atoms with Crippen LogP contribution < -0.4 is 5.73 Å². The number of pyridine rings is 1. The number of benzene rings is 1. The minimum absolute atomic E-state index is 0.0536. The molecule has 104 valence electrons. The maximum Gasteiger partial charge on any atom is 0.255 e. The number of rotatable bonds is 4. The Morgan fingerprint density at radius 1 is 1.30 bits per heavy atom. The molecule has 0 saturated carbocycles. The van der Waals surface area contributed by atoms with Gasteiger partial charge < -0.3 is 10.6 Å². The first-order chi connectivity index (χ1) is 9.58. The first-order valence-corrected chi connectivity index (χ1v) is 6.59. The predicted molar refractivity (Wildman–Crippen MR) is 80.5 cm³/mol. The fraction of sp³-hybridized carbons (Fsp3) is 0.250.